The highest BCUT2D eigenvalue weighted by Crippen LogP contribution is 2.26. The summed E-state index contributed by atoms with van der Waals surface area (Å²) >= 11 is 6.34. The molecule has 2 aromatic rings. The Morgan fingerprint density at radius 1 is 1.15 bits per heavy atom. The highest BCUT2D eigenvalue weighted by molar-refractivity contribution is 6.33. The first-order valence-corrected chi connectivity index (χ1v) is 9.54. The van der Waals surface area contributed by atoms with Crippen molar-refractivity contribution >= 4 is 29.1 Å². The molecule has 27 heavy (non-hydrogen) atoms. The van der Waals surface area contributed by atoms with E-state index in [4.69, 9.17) is 11.6 Å². The Morgan fingerprint density at radius 3 is 2.56 bits per heavy atom. The zero-order valence-electron chi connectivity index (χ0n) is 16.2. The Morgan fingerprint density at radius 2 is 1.89 bits per heavy atom. The maximum atomic E-state index is 6.34. The van der Waals surface area contributed by atoms with Gasteiger partial charge in [0.2, 0.25) is 0 Å². The predicted octanol–water partition coefficient (Wildman–Crippen LogP) is 2.70. The molecule has 0 bridgehead atoms. The van der Waals surface area contributed by atoms with Crippen LogP contribution in [0.5, 0.6) is 0 Å². The second-order valence-corrected chi connectivity index (χ2v) is 7.11. The quantitative estimate of drug-likeness (QED) is 0.646. The molecular weight excluding hydrogens is 360 g/mol. The Kier molecular flexibility index (Phi) is 6.40. The molecule has 3 rings (SSSR count). The number of guanidine groups is 1. The fraction of sp³-hybridized carbons (Fsp3) is 0.400. The number of aromatic nitrogens is 1. The maximum absolute atomic E-state index is 6.34. The van der Waals surface area contributed by atoms with Crippen molar-refractivity contribution in [2.75, 3.05) is 57.1 Å². The van der Waals surface area contributed by atoms with E-state index in [2.05, 4.69) is 37.2 Å². The van der Waals surface area contributed by atoms with Crippen LogP contribution < -0.4 is 15.1 Å². The van der Waals surface area contributed by atoms with Crippen molar-refractivity contribution in [3.8, 4) is 0 Å². The third-order valence-corrected chi connectivity index (χ3v) is 5.03. The average molecular weight is 387 g/mol. The summed E-state index contributed by atoms with van der Waals surface area (Å²) in [5.74, 6) is 1.89. The van der Waals surface area contributed by atoms with Gasteiger partial charge in [-0.15, -0.1) is 0 Å². The van der Waals surface area contributed by atoms with Gasteiger partial charge >= 0.3 is 0 Å². The number of nitrogens with one attached hydrogen (secondary N) is 1. The van der Waals surface area contributed by atoms with E-state index in [1.54, 1.807) is 0 Å². The normalized spacial score (nSPS) is 15.0. The summed E-state index contributed by atoms with van der Waals surface area (Å²) in [6.07, 6.45) is 1.82. The first kappa shape index (κ1) is 19.3. The molecule has 6 nitrogen and oxygen atoms in total. The number of benzene rings is 1. The number of halogens is 1. The van der Waals surface area contributed by atoms with E-state index in [0.717, 1.165) is 54.2 Å². The van der Waals surface area contributed by atoms with Crippen molar-refractivity contribution in [3.63, 3.8) is 0 Å². The van der Waals surface area contributed by atoms with E-state index in [-0.39, 0.29) is 0 Å². The van der Waals surface area contributed by atoms with E-state index >= 15 is 0 Å². The Hall–Kier alpha value is -2.47. The SMILES string of the molecule is CN=C(NCc1cccnc1N(C)C)N1CCN(c2ccccc2Cl)CC1. The van der Waals surface area contributed by atoms with E-state index in [1.807, 2.05) is 56.5 Å². The van der Waals surface area contributed by atoms with Gasteiger partial charge in [0, 0.05) is 65.6 Å². The molecule has 144 valence electrons. The third-order valence-electron chi connectivity index (χ3n) is 4.71. The molecule has 0 spiro atoms. The van der Waals surface area contributed by atoms with Gasteiger partial charge in [-0.05, 0) is 18.2 Å². The summed E-state index contributed by atoms with van der Waals surface area (Å²) in [7, 11) is 5.85. The molecule has 0 atom stereocenters. The molecule has 7 heteroatoms. The van der Waals surface area contributed by atoms with E-state index in [9.17, 15) is 0 Å². The lowest BCUT2D eigenvalue weighted by molar-refractivity contribution is 0.372. The minimum atomic E-state index is 0.693. The molecule has 0 saturated carbocycles. The van der Waals surface area contributed by atoms with Crippen molar-refractivity contribution in [2.45, 2.75) is 6.54 Å². The van der Waals surface area contributed by atoms with E-state index in [0.29, 0.717) is 6.54 Å². The molecule has 0 radical (unpaired) electrons. The zero-order chi connectivity index (χ0) is 19.2. The van der Waals surface area contributed by atoms with Crippen LogP contribution in [0.4, 0.5) is 11.5 Å². The van der Waals surface area contributed by atoms with Crippen LogP contribution in [0, 0.1) is 0 Å². The Bertz CT molecular complexity index is 784. The van der Waals surface area contributed by atoms with Crippen molar-refractivity contribution in [1.82, 2.24) is 15.2 Å². The van der Waals surface area contributed by atoms with Gasteiger partial charge < -0.3 is 20.0 Å². The molecule has 1 aromatic carbocycles. The summed E-state index contributed by atoms with van der Waals surface area (Å²) in [6, 6.07) is 12.1. The van der Waals surface area contributed by atoms with Gasteiger partial charge in [-0.25, -0.2) is 4.98 Å². The van der Waals surface area contributed by atoms with Crippen LogP contribution in [0.25, 0.3) is 0 Å². The number of hydrogen-bond acceptors (Lipinski definition) is 4. The molecular formula is C20H27ClN6. The predicted molar refractivity (Wildman–Crippen MR) is 114 cm³/mol. The van der Waals surface area contributed by atoms with Crippen LogP contribution >= 0.6 is 11.6 Å². The number of anilines is 2. The Labute approximate surface area is 166 Å². The van der Waals surface area contributed by atoms with Gasteiger partial charge in [-0.3, -0.25) is 4.99 Å². The van der Waals surface area contributed by atoms with Crippen molar-refractivity contribution in [1.29, 1.82) is 0 Å². The minimum absolute atomic E-state index is 0.693. The molecule has 1 aliphatic heterocycles. The van der Waals surface area contributed by atoms with E-state index in [1.165, 1.54) is 0 Å². The summed E-state index contributed by atoms with van der Waals surface area (Å²) in [5, 5.41) is 4.29. The summed E-state index contributed by atoms with van der Waals surface area (Å²) in [4.78, 5) is 15.6. The van der Waals surface area contributed by atoms with Crippen LogP contribution in [0.3, 0.4) is 0 Å². The fourth-order valence-corrected chi connectivity index (χ4v) is 3.60. The smallest absolute Gasteiger partial charge is 0.194 e. The van der Waals surface area contributed by atoms with Gasteiger partial charge in [-0.1, -0.05) is 29.8 Å². The van der Waals surface area contributed by atoms with Gasteiger partial charge in [0.1, 0.15) is 5.82 Å². The lowest BCUT2D eigenvalue weighted by atomic mass is 10.2. The number of nitrogens with zero attached hydrogens (tertiary/aromatic N) is 5. The largest absolute Gasteiger partial charge is 0.367 e. The minimum Gasteiger partial charge on any atom is -0.367 e. The molecule has 0 aliphatic carbocycles. The number of para-hydroxylation sites is 1. The number of piperazine rings is 1. The fourth-order valence-electron chi connectivity index (χ4n) is 3.34. The highest BCUT2D eigenvalue weighted by Gasteiger charge is 2.21. The number of rotatable bonds is 4. The van der Waals surface area contributed by atoms with Crippen LogP contribution in [0.2, 0.25) is 5.02 Å². The molecule has 1 fully saturated rings. The van der Waals surface area contributed by atoms with Crippen molar-refractivity contribution < 1.29 is 0 Å². The molecule has 1 aliphatic rings. The average Bonchev–Trinajstić information content (AvgIpc) is 2.69. The molecule has 1 saturated heterocycles. The first-order valence-electron chi connectivity index (χ1n) is 9.16. The van der Waals surface area contributed by atoms with E-state index < -0.39 is 0 Å². The monoisotopic (exact) mass is 386 g/mol. The van der Waals surface area contributed by atoms with Crippen LogP contribution in [0.1, 0.15) is 5.56 Å². The lowest BCUT2D eigenvalue weighted by Gasteiger charge is -2.38. The van der Waals surface area contributed by atoms with Gasteiger partial charge in [0.15, 0.2) is 5.96 Å². The second-order valence-electron chi connectivity index (χ2n) is 6.71. The molecule has 1 aromatic heterocycles. The third kappa shape index (κ3) is 4.63. The number of aliphatic imine (C=N–C) groups is 1. The van der Waals surface area contributed by atoms with Crippen LogP contribution in [0.15, 0.2) is 47.6 Å². The van der Waals surface area contributed by atoms with Crippen LogP contribution in [-0.4, -0.2) is 63.2 Å². The van der Waals surface area contributed by atoms with Gasteiger partial charge in [0.25, 0.3) is 0 Å². The zero-order valence-corrected chi connectivity index (χ0v) is 16.9. The summed E-state index contributed by atoms with van der Waals surface area (Å²) < 4.78 is 0. The Balaban J connectivity index is 1.59. The van der Waals surface area contributed by atoms with Crippen molar-refractivity contribution in [3.05, 3.63) is 53.2 Å². The lowest BCUT2D eigenvalue weighted by Crippen LogP contribution is -2.52. The second kappa shape index (κ2) is 8.95. The molecule has 0 amide bonds. The maximum Gasteiger partial charge on any atom is 0.194 e. The molecule has 0 unspecified atom stereocenters. The highest BCUT2D eigenvalue weighted by atomic mass is 35.5. The summed E-state index contributed by atoms with van der Waals surface area (Å²) in [6.45, 7) is 4.33. The standard InChI is InChI=1S/C20H27ClN6/c1-22-20(24-15-16-7-6-10-23-19(16)25(2)3)27-13-11-26(12-14-27)18-9-5-4-8-17(18)21/h4-10H,11-15H2,1-3H3,(H,22,24). The number of pyridine rings is 1. The number of hydrogen-bond donors (Lipinski definition) is 1. The summed E-state index contributed by atoms with van der Waals surface area (Å²) in [5.41, 5.74) is 2.26. The van der Waals surface area contributed by atoms with Gasteiger partial charge in [-0.2, -0.15) is 0 Å². The first-order chi connectivity index (χ1) is 13.1. The van der Waals surface area contributed by atoms with Crippen molar-refractivity contribution in [2.24, 2.45) is 4.99 Å². The van der Waals surface area contributed by atoms with Crippen LogP contribution in [-0.2, 0) is 6.54 Å². The molecule has 1 N–H and O–H groups in total. The topological polar surface area (TPSA) is 47.0 Å². The van der Waals surface area contributed by atoms with Gasteiger partial charge in [0.05, 0.1) is 10.7 Å². The molecule has 2 heterocycles.